The van der Waals surface area contributed by atoms with Crippen LogP contribution in [0.15, 0.2) is 0 Å². The van der Waals surface area contributed by atoms with Crippen molar-refractivity contribution in [1.29, 1.82) is 0 Å². The summed E-state index contributed by atoms with van der Waals surface area (Å²) in [5.74, 6) is 0.180. The standard InChI is InChI=1S/C10H20N2O2/c1-3-9(13)12-8-6-4-5-7-10(14)11-2/h3-8H2,1-2H3,(H,11,14)(H,12,13). The molecule has 14 heavy (non-hydrogen) atoms. The zero-order chi connectivity index (χ0) is 10.8. The fraction of sp³-hybridized carbons (Fsp3) is 0.800. The van der Waals surface area contributed by atoms with Crippen molar-refractivity contribution in [2.75, 3.05) is 13.6 Å². The maximum atomic E-state index is 10.8. The molecular formula is C10H20N2O2. The molecule has 0 rings (SSSR count). The molecule has 4 heteroatoms. The van der Waals surface area contributed by atoms with Gasteiger partial charge in [0.2, 0.25) is 11.8 Å². The normalized spacial score (nSPS) is 9.57. The summed E-state index contributed by atoms with van der Waals surface area (Å²) in [6.07, 6.45) is 3.94. The molecule has 0 radical (unpaired) electrons. The number of amides is 2. The van der Waals surface area contributed by atoms with E-state index in [1.165, 1.54) is 0 Å². The van der Waals surface area contributed by atoms with Crippen molar-refractivity contribution in [2.24, 2.45) is 0 Å². The van der Waals surface area contributed by atoms with E-state index < -0.39 is 0 Å². The zero-order valence-corrected chi connectivity index (χ0v) is 9.06. The molecular weight excluding hydrogens is 180 g/mol. The van der Waals surface area contributed by atoms with Crippen LogP contribution in [0.25, 0.3) is 0 Å². The van der Waals surface area contributed by atoms with E-state index >= 15 is 0 Å². The second kappa shape index (κ2) is 8.53. The summed E-state index contributed by atoms with van der Waals surface area (Å²) < 4.78 is 0. The van der Waals surface area contributed by atoms with Crippen molar-refractivity contribution in [1.82, 2.24) is 10.6 Å². The van der Waals surface area contributed by atoms with Crippen molar-refractivity contribution < 1.29 is 9.59 Å². The highest BCUT2D eigenvalue weighted by atomic mass is 16.2. The van der Waals surface area contributed by atoms with Gasteiger partial charge in [-0.3, -0.25) is 9.59 Å². The summed E-state index contributed by atoms with van der Waals surface area (Å²) in [5, 5.41) is 5.37. The highest BCUT2D eigenvalue weighted by Gasteiger charge is 1.98. The van der Waals surface area contributed by atoms with E-state index in [9.17, 15) is 9.59 Å². The quantitative estimate of drug-likeness (QED) is 0.598. The Morgan fingerprint density at radius 3 is 2.36 bits per heavy atom. The minimum atomic E-state index is 0.0857. The van der Waals surface area contributed by atoms with Crippen LogP contribution in [0.3, 0.4) is 0 Å². The Bertz CT molecular complexity index is 161. The minimum absolute atomic E-state index is 0.0857. The molecule has 2 amide bonds. The van der Waals surface area contributed by atoms with Gasteiger partial charge in [-0.2, -0.15) is 0 Å². The Balaban J connectivity index is 3.14. The highest BCUT2D eigenvalue weighted by molar-refractivity contribution is 5.75. The molecule has 0 aromatic carbocycles. The van der Waals surface area contributed by atoms with Gasteiger partial charge in [0, 0.05) is 26.4 Å². The van der Waals surface area contributed by atoms with Gasteiger partial charge in [0.05, 0.1) is 0 Å². The Morgan fingerprint density at radius 2 is 1.79 bits per heavy atom. The summed E-state index contributed by atoms with van der Waals surface area (Å²) >= 11 is 0. The predicted molar refractivity (Wildman–Crippen MR) is 55.8 cm³/mol. The number of rotatable bonds is 7. The van der Waals surface area contributed by atoms with E-state index in [0.29, 0.717) is 12.8 Å². The molecule has 0 bridgehead atoms. The van der Waals surface area contributed by atoms with Crippen LogP contribution < -0.4 is 10.6 Å². The average molecular weight is 200 g/mol. The second-order valence-electron chi connectivity index (χ2n) is 3.19. The molecule has 0 heterocycles. The lowest BCUT2D eigenvalue weighted by Gasteiger charge is -2.03. The van der Waals surface area contributed by atoms with E-state index in [4.69, 9.17) is 0 Å². The van der Waals surface area contributed by atoms with Crippen LogP contribution >= 0.6 is 0 Å². The maximum absolute atomic E-state index is 10.8. The van der Waals surface area contributed by atoms with Gasteiger partial charge in [0.15, 0.2) is 0 Å². The van der Waals surface area contributed by atoms with E-state index in [1.54, 1.807) is 7.05 Å². The first-order chi connectivity index (χ1) is 6.70. The fourth-order valence-electron chi connectivity index (χ4n) is 1.07. The van der Waals surface area contributed by atoms with Gasteiger partial charge in [-0.1, -0.05) is 13.3 Å². The van der Waals surface area contributed by atoms with Crippen LogP contribution in [0.5, 0.6) is 0 Å². The van der Waals surface area contributed by atoms with Gasteiger partial charge in [-0.25, -0.2) is 0 Å². The molecule has 0 aromatic heterocycles. The Hall–Kier alpha value is -1.06. The Labute approximate surface area is 85.4 Å². The molecule has 0 saturated carbocycles. The lowest BCUT2D eigenvalue weighted by molar-refractivity contribution is -0.121. The largest absolute Gasteiger partial charge is 0.359 e. The topological polar surface area (TPSA) is 58.2 Å². The smallest absolute Gasteiger partial charge is 0.219 e. The molecule has 0 saturated heterocycles. The molecule has 0 unspecified atom stereocenters. The number of hydrogen-bond acceptors (Lipinski definition) is 2. The lowest BCUT2D eigenvalue weighted by atomic mass is 10.2. The van der Waals surface area contributed by atoms with Crippen LogP contribution in [0.2, 0.25) is 0 Å². The lowest BCUT2D eigenvalue weighted by Crippen LogP contribution is -2.23. The van der Waals surface area contributed by atoms with E-state index in [-0.39, 0.29) is 11.8 Å². The molecule has 0 aromatic rings. The van der Waals surface area contributed by atoms with Gasteiger partial charge >= 0.3 is 0 Å². The van der Waals surface area contributed by atoms with Gasteiger partial charge in [0.1, 0.15) is 0 Å². The molecule has 0 aliphatic carbocycles. The summed E-state index contributed by atoms with van der Waals surface area (Å²) in [6, 6.07) is 0. The van der Waals surface area contributed by atoms with Gasteiger partial charge in [-0.05, 0) is 12.8 Å². The molecule has 0 fully saturated rings. The Kier molecular flexibility index (Phi) is 7.89. The molecule has 82 valence electrons. The summed E-state index contributed by atoms with van der Waals surface area (Å²) in [5.41, 5.74) is 0. The van der Waals surface area contributed by atoms with Crippen molar-refractivity contribution in [3.63, 3.8) is 0 Å². The van der Waals surface area contributed by atoms with Gasteiger partial charge < -0.3 is 10.6 Å². The molecule has 0 atom stereocenters. The first kappa shape index (κ1) is 12.9. The summed E-state index contributed by atoms with van der Waals surface area (Å²) in [7, 11) is 1.64. The number of carbonyl (C=O) groups is 2. The number of unbranched alkanes of at least 4 members (excludes halogenated alkanes) is 2. The third kappa shape index (κ3) is 7.58. The van der Waals surface area contributed by atoms with E-state index in [1.807, 2.05) is 6.92 Å². The van der Waals surface area contributed by atoms with Crippen LogP contribution in [-0.2, 0) is 9.59 Å². The third-order valence-electron chi connectivity index (χ3n) is 2.00. The van der Waals surface area contributed by atoms with Crippen molar-refractivity contribution in [2.45, 2.75) is 39.0 Å². The van der Waals surface area contributed by atoms with Crippen LogP contribution in [0.4, 0.5) is 0 Å². The summed E-state index contributed by atoms with van der Waals surface area (Å²) in [6.45, 7) is 2.56. The van der Waals surface area contributed by atoms with Gasteiger partial charge in [-0.15, -0.1) is 0 Å². The second-order valence-corrected chi connectivity index (χ2v) is 3.19. The van der Waals surface area contributed by atoms with Crippen LogP contribution in [0, 0.1) is 0 Å². The Morgan fingerprint density at radius 1 is 1.07 bits per heavy atom. The average Bonchev–Trinajstić information content (AvgIpc) is 2.22. The van der Waals surface area contributed by atoms with Crippen molar-refractivity contribution in [3.05, 3.63) is 0 Å². The first-order valence-electron chi connectivity index (χ1n) is 5.18. The highest BCUT2D eigenvalue weighted by Crippen LogP contribution is 1.98. The number of hydrogen-bond donors (Lipinski definition) is 2. The van der Waals surface area contributed by atoms with E-state index in [0.717, 1.165) is 25.8 Å². The van der Waals surface area contributed by atoms with Crippen LogP contribution in [-0.4, -0.2) is 25.4 Å². The SMILES string of the molecule is CCC(=O)NCCCCCC(=O)NC. The minimum Gasteiger partial charge on any atom is -0.359 e. The number of nitrogens with one attached hydrogen (secondary N) is 2. The maximum Gasteiger partial charge on any atom is 0.219 e. The fourth-order valence-corrected chi connectivity index (χ4v) is 1.07. The predicted octanol–water partition coefficient (Wildman–Crippen LogP) is 0.819. The van der Waals surface area contributed by atoms with Gasteiger partial charge in [0.25, 0.3) is 0 Å². The number of carbonyl (C=O) groups excluding carboxylic acids is 2. The third-order valence-corrected chi connectivity index (χ3v) is 2.00. The molecule has 2 N–H and O–H groups in total. The summed E-state index contributed by atoms with van der Waals surface area (Å²) in [4.78, 5) is 21.6. The monoisotopic (exact) mass is 200 g/mol. The van der Waals surface area contributed by atoms with Crippen molar-refractivity contribution >= 4 is 11.8 Å². The molecule has 0 spiro atoms. The van der Waals surface area contributed by atoms with E-state index in [2.05, 4.69) is 10.6 Å². The van der Waals surface area contributed by atoms with Crippen molar-refractivity contribution in [3.8, 4) is 0 Å². The molecule has 0 aliphatic rings. The molecule has 0 aliphatic heterocycles. The first-order valence-corrected chi connectivity index (χ1v) is 5.18. The zero-order valence-electron chi connectivity index (χ0n) is 9.06. The van der Waals surface area contributed by atoms with Crippen LogP contribution in [0.1, 0.15) is 39.0 Å². The molecule has 4 nitrogen and oxygen atoms in total.